The molecule has 18 heavy (non-hydrogen) atoms. The topological polar surface area (TPSA) is 32.7 Å². The molecule has 1 atom stereocenters. The molecule has 0 aliphatic carbocycles. The standard InChI is InChI=1S/C14H20FNO2/c1-10(17)13-11(15)5-4-6-12(13)16-7-8-18-14(2,3)9-16/h4-6,10,17H,7-9H2,1-3H3/t10-/m0/s1. The van der Waals surface area contributed by atoms with Crippen LogP contribution in [0.4, 0.5) is 10.1 Å². The molecule has 0 bridgehead atoms. The van der Waals surface area contributed by atoms with Gasteiger partial charge in [0.25, 0.3) is 0 Å². The zero-order valence-corrected chi connectivity index (χ0v) is 11.1. The van der Waals surface area contributed by atoms with Crippen LogP contribution in [0.3, 0.4) is 0 Å². The van der Waals surface area contributed by atoms with Crippen LogP contribution in [-0.4, -0.2) is 30.4 Å². The first-order chi connectivity index (χ1) is 8.41. The average Bonchev–Trinajstić information content (AvgIpc) is 2.26. The monoisotopic (exact) mass is 253 g/mol. The second-order valence-corrected chi connectivity index (χ2v) is 5.38. The van der Waals surface area contributed by atoms with Crippen molar-refractivity contribution in [1.82, 2.24) is 0 Å². The molecular formula is C14H20FNO2. The van der Waals surface area contributed by atoms with Crippen molar-refractivity contribution in [2.24, 2.45) is 0 Å². The van der Waals surface area contributed by atoms with Gasteiger partial charge in [0.1, 0.15) is 5.82 Å². The molecule has 1 aromatic carbocycles. The minimum atomic E-state index is -0.813. The summed E-state index contributed by atoms with van der Waals surface area (Å²) in [6.07, 6.45) is -0.813. The van der Waals surface area contributed by atoms with Crippen molar-refractivity contribution in [2.75, 3.05) is 24.6 Å². The molecule has 0 amide bonds. The molecule has 0 aromatic heterocycles. The molecule has 1 heterocycles. The maximum Gasteiger partial charge on any atom is 0.131 e. The molecule has 1 aliphatic heterocycles. The largest absolute Gasteiger partial charge is 0.389 e. The summed E-state index contributed by atoms with van der Waals surface area (Å²) in [4.78, 5) is 2.08. The van der Waals surface area contributed by atoms with E-state index >= 15 is 0 Å². The third-order valence-corrected chi connectivity index (χ3v) is 3.21. The van der Waals surface area contributed by atoms with Crippen molar-refractivity contribution < 1.29 is 14.2 Å². The Kier molecular flexibility index (Phi) is 3.59. The van der Waals surface area contributed by atoms with E-state index in [1.165, 1.54) is 6.07 Å². The summed E-state index contributed by atoms with van der Waals surface area (Å²) in [5, 5.41) is 9.75. The van der Waals surface area contributed by atoms with Gasteiger partial charge in [-0.2, -0.15) is 0 Å². The Hall–Kier alpha value is -1.13. The summed E-state index contributed by atoms with van der Waals surface area (Å²) in [5.41, 5.74) is 0.886. The van der Waals surface area contributed by atoms with E-state index in [0.29, 0.717) is 25.3 Å². The molecule has 1 aliphatic rings. The number of rotatable bonds is 2. The van der Waals surface area contributed by atoms with Crippen molar-refractivity contribution in [1.29, 1.82) is 0 Å². The lowest BCUT2D eigenvalue weighted by molar-refractivity contribution is -0.0278. The number of halogens is 1. The Balaban J connectivity index is 2.36. The predicted octanol–water partition coefficient (Wildman–Crippen LogP) is 2.49. The van der Waals surface area contributed by atoms with Crippen LogP contribution in [-0.2, 0) is 4.74 Å². The summed E-state index contributed by atoms with van der Waals surface area (Å²) in [6, 6.07) is 4.92. The minimum absolute atomic E-state index is 0.249. The van der Waals surface area contributed by atoms with E-state index in [4.69, 9.17) is 4.74 Å². The fourth-order valence-electron chi connectivity index (χ4n) is 2.44. The van der Waals surface area contributed by atoms with Crippen molar-refractivity contribution in [3.8, 4) is 0 Å². The molecule has 2 rings (SSSR count). The van der Waals surface area contributed by atoms with Crippen molar-refractivity contribution in [3.63, 3.8) is 0 Å². The van der Waals surface area contributed by atoms with E-state index in [1.54, 1.807) is 13.0 Å². The Labute approximate surface area is 107 Å². The van der Waals surface area contributed by atoms with Gasteiger partial charge in [-0.1, -0.05) is 6.07 Å². The zero-order chi connectivity index (χ0) is 13.3. The lowest BCUT2D eigenvalue weighted by Crippen LogP contribution is -2.48. The van der Waals surface area contributed by atoms with E-state index in [9.17, 15) is 9.50 Å². The highest BCUT2D eigenvalue weighted by molar-refractivity contribution is 5.55. The van der Waals surface area contributed by atoms with Crippen molar-refractivity contribution >= 4 is 5.69 Å². The van der Waals surface area contributed by atoms with Crippen LogP contribution in [0, 0.1) is 5.82 Å². The van der Waals surface area contributed by atoms with E-state index in [0.717, 1.165) is 5.69 Å². The number of hydrogen-bond acceptors (Lipinski definition) is 3. The highest BCUT2D eigenvalue weighted by atomic mass is 19.1. The molecular weight excluding hydrogens is 233 g/mol. The SMILES string of the molecule is C[C@H](O)c1c(F)cccc1N1CCOC(C)(C)C1. The zero-order valence-electron chi connectivity index (χ0n) is 11.1. The lowest BCUT2D eigenvalue weighted by atomic mass is 10.0. The van der Waals surface area contributed by atoms with Crippen LogP contribution in [0.15, 0.2) is 18.2 Å². The fraction of sp³-hybridized carbons (Fsp3) is 0.571. The fourth-order valence-corrected chi connectivity index (χ4v) is 2.44. The first kappa shape index (κ1) is 13.3. The van der Waals surface area contributed by atoms with Crippen LogP contribution >= 0.6 is 0 Å². The number of aliphatic hydroxyl groups excluding tert-OH is 1. The summed E-state index contributed by atoms with van der Waals surface area (Å²) in [7, 11) is 0. The third-order valence-electron chi connectivity index (χ3n) is 3.21. The second-order valence-electron chi connectivity index (χ2n) is 5.38. The number of ether oxygens (including phenoxy) is 1. The lowest BCUT2D eigenvalue weighted by Gasteiger charge is -2.40. The number of morpholine rings is 1. The number of aliphatic hydroxyl groups is 1. The first-order valence-electron chi connectivity index (χ1n) is 6.26. The molecule has 1 saturated heterocycles. The van der Waals surface area contributed by atoms with Gasteiger partial charge < -0.3 is 14.7 Å². The Morgan fingerprint density at radius 2 is 2.17 bits per heavy atom. The Morgan fingerprint density at radius 3 is 2.78 bits per heavy atom. The molecule has 0 unspecified atom stereocenters. The van der Waals surface area contributed by atoms with Gasteiger partial charge in [-0.05, 0) is 32.9 Å². The molecule has 0 saturated carbocycles. The summed E-state index contributed by atoms with van der Waals surface area (Å²) in [6.45, 7) is 7.64. The molecule has 100 valence electrons. The summed E-state index contributed by atoms with van der Waals surface area (Å²) < 4.78 is 19.5. The number of hydrogen-bond donors (Lipinski definition) is 1. The highest BCUT2D eigenvalue weighted by Gasteiger charge is 2.29. The van der Waals surface area contributed by atoms with E-state index in [2.05, 4.69) is 4.90 Å². The van der Waals surface area contributed by atoms with Gasteiger partial charge in [-0.15, -0.1) is 0 Å². The van der Waals surface area contributed by atoms with Gasteiger partial charge in [0.05, 0.1) is 18.3 Å². The predicted molar refractivity (Wildman–Crippen MR) is 69.3 cm³/mol. The summed E-state index contributed by atoms with van der Waals surface area (Å²) in [5.74, 6) is -0.355. The number of nitrogens with zero attached hydrogens (tertiary/aromatic N) is 1. The molecule has 0 radical (unpaired) electrons. The average molecular weight is 253 g/mol. The molecule has 1 fully saturated rings. The smallest absolute Gasteiger partial charge is 0.131 e. The van der Waals surface area contributed by atoms with E-state index in [1.807, 2.05) is 19.9 Å². The highest BCUT2D eigenvalue weighted by Crippen LogP contribution is 2.31. The van der Waals surface area contributed by atoms with Crippen LogP contribution in [0.5, 0.6) is 0 Å². The van der Waals surface area contributed by atoms with Crippen molar-refractivity contribution in [2.45, 2.75) is 32.5 Å². The van der Waals surface area contributed by atoms with Crippen molar-refractivity contribution in [3.05, 3.63) is 29.6 Å². The van der Waals surface area contributed by atoms with Gasteiger partial charge >= 0.3 is 0 Å². The van der Waals surface area contributed by atoms with Gasteiger partial charge in [-0.25, -0.2) is 4.39 Å². The molecule has 0 spiro atoms. The third kappa shape index (κ3) is 2.65. The minimum Gasteiger partial charge on any atom is -0.389 e. The van der Waals surface area contributed by atoms with Crippen LogP contribution < -0.4 is 4.90 Å². The maximum atomic E-state index is 13.8. The number of benzene rings is 1. The van der Waals surface area contributed by atoms with Crippen LogP contribution in [0.25, 0.3) is 0 Å². The van der Waals surface area contributed by atoms with E-state index < -0.39 is 6.10 Å². The maximum absolute atomic E-state index is 13.8. The molecule has 3 nitrogen and oxygen atoms in total. The van der Waals surface area contributed by atoms with Crippen LogP contribution in [0.2, 0.25) is 0 Å². The van der Waals surface area contributed by atoms with E-state index in [-0.39, 0.29) is 11.4 Å². The first-order valence-corrected chi connectivity index (χ1v) is 6.26. The van der Waals surface area contributed by atoms with Crippen LogP contribution in [0.1, 0.15) is 32.4 Å². The summed E-state index contributed by atoms with van der Waals surface area (Å²) >= 11 is 0. The molecule has 1 aromatic rings. The Morgan fingerprint density at radius 1 is 1.44 bits per heavy atom. The molecule has 1 N–H and O–H groups in total. The van der Waals surface area contributed by atoms with Gasteiger partial charge in [0, 0.05) is 24.3 Å². The van der Waals surface area contributed by atoms with Gasteiger partial charge in [0.15, 0.2) is 0 Å². The Bertz CT molecular complexity index is 432. The molecule has 4 heteroatoms. The number of anilines is 1. The normalized spacial score (nSPS) is 20.8. The second kappa shape index (κ2) is 4.86. The quantitative estimate of drug-likeness (QED) is 0.879. The van der Waals surface area contributed by atoms with Gasteiger partial charge in [0.2, 0.25) is 0 Å². The van der Waals surface area contributed by atoms with Gasteiger partial charge in [-0.3, -0.25) is 0 Å².